The Kier molecular flexibility index (Phi) is 4.36. The van der Waals surface area contributed by atoms with Gasteiger partial charge in [-0.05, 0) is 43.7 Å². The maximum atomic E-state index is 12.6. The van der Waals surface area contributed by atoms with Crippen molar-refractivity contribution < 1.29 is 19.5 Å². The number of Topliss-reactive ketones (excluding diaryl/α,β-unsaturated/α-hetero) is 1. The fourth-order valence-corrected chi connectivity index (χ4v) is 4.35. The number of fused-ring (bicyclic) bond motifs is 1. The van der Waals surface area contributed by atoms with Crippen molar-refractivity contribution in [2.45, 2.75) is 38.8 Å². The molecule has 1 aromatic carbocycles. The van der Waals surface area contributed by atoms with E-state index in [0.29, 0.717) is 35.2 Å². The van der Waals surface area contributed by atoms with Crippen LogP contribution in [0, 0.1) is 0 Å². The van der Waals surface area contributed by atoms with Crippen molar-refractivity contribution in [3.63, 3.8) is 0 Å². The standard InChI is InChI=1S/C20H21NO3S/c1-13-5-2-3-9-21(13)12-16-17(22)8-7-15-19(23)18(24-20(15)16)11-14-6-4-10-25-14/h4,6-8,10-11,13,22H,2-3,5,9,12H2,1H3/b18-11-. The lowest BCUT2D eigenvalue weighted by Crippen LogP contribution is -3.14. The molecule has 0 aliphatic carbocycles. The second-order valence-electron chi connectivity index (χ2n) is 6.86. The predicted octanol–water partition coefficient (Wildman–Crippen LogP) is 2.40. The van der Waals surface area contributed by atoms with E-state index in [4.69, 9.17) is 4.74 Å². The molecule has 4 rings (SSSR count). The van der Waals surface area contributed by atoms with Gasteiger partial charge in [-0.1, -0.05) is 17.9 Å². The first-order valence-corrected chi connectivity index (χ1v) is 9.66. The molecule has 5 heteroatoms. The zero-order chi connectivity index (χ0) is 17.4. The van der Waals surface area contributed by atoms with Gasteiger partial charge in [0.1, 0.15) is 12.3 Å². The minimum Gasteiger partial charge on any atom is -0.872 e. The van der Waals surface area contributed by atoms with Gasteiger partial charge < -0.3 is 14.7 Å². The molecule has 1 aromatic heterocycles. The van der Waals surface area contributed by atoms with Gasteiger partial charge in [-0.25, -0.2) is 0 Å². The van der Waals surface area contributed by atoms with E-state index in [0.717, 1.165) is 11.4 Å². The molecule has 3 heterocycles. The molecule has 0 saturated carbocycles. The fourth-order valence-electron chi connectivity index (χ4n) is 3.70. The van der Waals surface area contributed by atoms with E-state index in [1.54, 1.807) is 23.5 Å². The summed E-state index contributed by atoms with van der Waals surface area (Å²) in [4.78, 5) is 15.0. The lowest BCUT2D eigenvalue weighted by Gasteiger charge is -2.31. The summed E-state index contributed by atoms with van der Waals surface area (Å²) in [6.45, 7) is 3.93. The highest BCUT2D eigenvalue weighted by Gasteiger charge is 2.32. The summed E-state index contributed by atoms with van der Waals surface area (Å²) in [6, 6.07) is 7.52. The zero-order valence-electron chi connectivity index (χ0n) is 14.2. The van der Waals surface area contributed by atoms with Crippen LogP contribution in [0.25, 0.3) is 6.08 Å². The summed E-state index contributed by atoms with van der Waals surface area (Å²) in [5.74, 6) is 0.622. The molecule has 2 atom stereocenters. The zero-order valence-corrected chi connectivity index (χ0v) is 15.0. The van der Waals surface area contributed by atoms with E-state index >= 15 is 0 Å². The Hall–Kier alpha value is -2.11. The molecule has 2 aliphatic rings. The van der Waals surface area contributed by atoms with Crippen molar-refractivity contribution in [3.05, 3.63) is 51.4 Å². The van der Waals surface area contributed by atoms with Gasteiger partial charge in [0.15, 0.2) is 5.76 Å². The third-order valence-corrected chi connectivity index (χ3v) is 6.02. The molecule has 0 spiro atoms. The molecule has 4 nitrogen and oxygen atoms in total. The van der Waals surface area contributed by atoms with E-state index in [1.165, 1.54) is 30.2 Å². The van der Waals surface area contributed by atoms with Crippen molar-refractivity contribution in [3.8, 4) is 11.5 Å². The number of hydrogen-bond donors (Lipinski definition) is 1. The quantitative estimate of drug-likeness (QED) is 0.860. The summed E-state index contributed by atoms with van der Waals surface area (Å²) in [5.41, 5.74) is 1.16. The number of quaternary nitrogens is 1. The number of ketones is 1. The van der Waals surface area contributed by atoms with Gasteiger partial charge in [-0.2, -0.15) is 0 Å². The molecule has 1 N–H and O–H groups in total. The second-order valence-corrected chi connectivity index (χ2v) is 7.84. The first-order valence-electron chi connectivity index (χ1n) is 8.78. The third-order valence-electron chi connectivity index (χ3n) is 5.20. The number of allylic oxidation sites excluding steroid dienone is 1. The van der Waals surface area contributed by atoms with Crippen molar-refractivity contribution in [2.75, 3.05) is 6.54 Å². The smallest absolute Gasteiger partial charge is 0.232 e. The molecule has 2 unspecified atom stereocenters. The summed E-state index contributed by atoms with van der Waals surface area (Å²) in [5, 5.41) is 14.4. The molecule has 130 valence electrons. The van der Waals surface area contributed by atoms with Gasteiger partial charge in [0.25, 0.3) is 0 Å². The molecule has 2 aromatic rings. The van der Waals surface area contributed by atoms with Crippen LogP contribution in [0.2, 0.25) is 0 Å². The Morgan fingerprint density at radius 3 is 3.00 bits per heavy atom. The number of carbonyl (C=O) groups is 1. The van der Waals surface area contributed by atoms with Crippen molar-refractivity contribution in [2.24, 2.45) is 0 Å². The van der Waals surface area contributed by atoms with Crippen LogP contribution in [0.15, 0.2) is 35.4 Å². The van der Waals surface area contributed by atoms with E-state index in [-0.39, 0.29) is 11.5 Å². The van der Waals surface area contributed by atoms with E-state index in [2.05, 4.69) is 6.92 Å². The SMILES string of the molecule is CC1CCCC[NH+]1Cc1c([O-])ccc2c1O/C(=C\c1cccs1)C2=O. The Bertz CT molecular complexity index is 826. The number of hydrogen-bond acceptors (Lipinski definition) is 4. The van der Waals surface area contributed by atoms with Crippen LogP contribution in [0.3, 0.4) is 0 Å². The van der Waals surface area contributed by atoms with E-state index < -0.39 is 0 Å². The number of likely N-dealkylation sites (tertiary alicyclic amines) is 1. The highest BCUT2D eigenvalue weighted by atomic mass is 32.1. The van der Waals surface area contributed by atoms with Crippen LogP contribution in [0.5, 0.6) is 11.5 Å². The minimum absolute atomic E-state index is 0.0332. The molecule has 0 bridgehead atoms. The number of benzene rings is 1. The molecular weight excluding hydrogens is 334 g/mol. The number of ether oxygens (including phenoxy) is 1. The van der Waals surface area contributed by atoms with Gasteiger partial charge in [0.2, 0.25) is 5.78 Å². The van der Waals surface area contributed by atoms with Crippen LogP contribution < -0.4 is 14.7 Å². The summed E-state index contributed by atoms with van der Waals surface area (Å²) in [7, 11) is 0. The summed E-state index contributed by atoms with van der Waals surface area (Å²) in [6.07, 6.45) is 5.39. The maximum absolute atomic E-state index is 12.6. The predicted molar refractivity (Wildman–Crippen MR) is 96.0 cm³/mol. The summed E-state index contributed by atoms with van der Waals surface area (Å²) >= 11 is 1.55. The molecular formula is C20H21NO3S. The van der Waals surface area contributed by atoms with E-state index in [9.17, 15) is 9.90 Å². The monoisotopic (exact) mass is 355 g/mol. The number of rotatable bonds is 3. The number of nitrogens with one attached hydrogen (secondary N) is 1. The van der Waals surface area contributed by atoms with Crippen LogP contribution in [-0.4, -0.2) is 18.4 Å². The topological polar surface area (TPSA) is 53.8 Å². The normalized spacial score (nSPS) is 24.4. The third kappa shape index (κ3) is 3.10. The fraction of sp³-hybridized carbons (Fsp3) is 0.350. The Morgan fingerprint density at radius 1 is 1.36 bits per heavy atom. The maximum Gasteiger partial charge on any atom is 0.232 e. The largest absolute Gasteiger partial charge is 0.872 e. The molecule has 0 amide bonds. The van der Waals surface area contributed by atoms with Crippen LogP contribution >= 0.6 is 11.3 Å². The van der Waals surface area contributed by atoms with E-state index in [1.807, 2.05) is 17.5 Å². The van der Waals surface area contributed by atoms with Crippen molar-refractivity contribution in [1.82, 2.24) is 0 Å². The van der Waals surface area contributed by atoms with Gasteiger partial charge >= 0.3 is 0 Å². The first kappa shape index (κ1) is 16.4. The first-order chi connectivity index (χ1) is 12.1. The molecule has 25 heavy (non-hydrogen) atoms. The van der Waals surface area contributed by atoms with Crippen LogP contribution in [-0.2, 0) is 6.54 Å². The van der Waals surface area contributed by atoms with Crippen LogP contribution in [0.1, 0.15) is 47.0 Å². The van der Waals surface area contributed by atoms with Gasteiger partial charge in [0, 0.05) is 16.5 Å². The molecule has 1 saturated heterocycles. The van der Waals surface area contributed by atoms with Gasteiger partial charge in [0.05, 0.1) is 18.2 Å². The van der Waals surface area contributed by atoms with Crippen LogP contribution in [0.4, 0.5) is 0 Å². The van der Waals surface area contributed by atoms with Crippen molar-refractivity contribution >= 4 is 23.2 Å². The number of thiophene rings is 1. The lowest BCUT2D eigenvalue weighted by atomic mass is 10.0. The van der Waals surface area contributed by atoms with Gasteiger partial charge in [-0.15, -0.1) is 11.3 Å². The Morgan fingerprint density at radius 2 is 2.24 bits per heavy atom. The lowest BCUT2D eigenvalue weighted by molar-refractivity contribution is -0.942. The average molecular weight is 355 g/mol. The van der Waals surface area contributed by atoms with Crippen molar-refractivity contribution in [1.29, 1.82) is 0 Å². The number of piperidine rings is 1. The molecule has 0 radical (unpaired) electrons. The minimum atomic E-state index is -0.133. The highest BCUT2D eigenvalue weighted by Crippen LogP contribution is 2.38. The summed E-state index contributed by atoms with van der Waals surface area (Å²) < 4.78 is 5.89. The number of carbonyl (C=O) groups excluding carboxylic acids is 1. The average Bonchev–Trinajstić information content (AvgIpc) is 3.21. The Labute approximate surface area is 151 Å². The highest BCUT2D eigenvalue weighted by molar-refractivity contribution is 7.10. The Balaban J connectivity index is 1.67. The second kappa shape index (κ2) is 6.65. The molecule has 2 aliphatic heterocycles. The van der Waals surface area contributed by atoms with Gasteiger partial charge in [-0.3, -0.25) is 4.79 Å². The molecule has 1 fully saturated rings.